The molecule has 18 heavy (non-hydrogen) atoms. The molecule has 0 spiro atoms. The molecule has 0 amide bonds. The highest BCUT2D eigenvalue weighted by molar-refractivity contribution is 9.12. The first-order valence-corrected chi connectivity index (χ1v) is 8.81. The molecule has 0 bridgehead atoms. The summed E-state index contributed by atoms with van der Waals surface area (Å²) in [5.41, 5.74) is 7.69. The topological polar surface area (TPSA) is 26.0 Å². The number of hydrogen-bond acceptors (Lipinski definition) is 3. The lowest BCUT2D eigenvalue weighted by Gasteiger charge is -2.15. The van der Waals surface area contributed by atoms with E-state index in [1.807, 2.05) is 0 Å². The normalized spacial score (nSPS) is 13.9. The second-order valence-corrected chi connectivity index (χ2v) is 10.1. The molecule has 1 unspecified atom stereocenters. The Morgan fingerprint density at radius 1 is 1.17 bits per heavy atom. The summed E-state index contributed by atoms with van der Waals surface area (Å²) in [6.07, 6.45) is 0. The third-order valence-corrected chi connectivity index (χ3v) is 6.67. The zero-order valence-corrected chi connectivity index (χ0v) is 15.3. The van der Waals surface area contributed by atoms with Crippen molar-refractivity contribution in [1.82, 2.24) is 0 Å². The van der Waals surface area contributed by atoms with Crippen molar-refractivity contribution < 1.29 is 0 Å². The van der Waals surface area contributed by atoms with E-state index in [-0.39, 0.29) is 11.5 Å². The van der Waals surface area contributed by atoms with Gasteiger partial charge in [0.25, 0.3) is 0 Å². The molecule has 0 saturated heterocycles. The maximum absolute atomic E-state index is 6.35. The lowest BCUT2D eigenvalue weighted by atomic mass is 9.95. The Labute approximate surface area is 133 Å². The molecular formula is C13H15Br2NS2. The molecule has 98 valence electrons. The zero-order valence-electron chi connectivity index (χ0n) is 10.5. The van der Waals surface area contributed by atoms with Gasteiger partial charge in [0.15, 0.2) is 0 Å². The monoisotopic (exact) mass is 407 g/mol. The van der Waals surface area contributed by atoms with Gasteiger partial charge in [0.1, 0.15) is 0 Å². The van der Waals surface area contributed by atoms with Gasteiger partial charge in [0.2, 0.25) is 0 Å². The van der Waals surface area contributed by atoms with E-state index in [1.54, 1.807) is 22.7 Å². The van der Waals surface area contributed by atoms with Crippen LogP contribution in [0.4, 0.5) is 0 Å². The van der Waals surface area contributed by atoms with E-state index in [0.717, 1.165) is 13.1 Å². The van der Waals surface area contributed by atoms with Crippen molar-refractivity contribution in [3.63, 3.8) is 0 Å². The van der Waals surface area contributed by atoms with E-state index in [9.17, 15) is 0 Å². The summed E-state index contributed by atoms with van der Waals surface area (Å²) in [4.78, 5) is 2.59. The maximum atomic E-state index is 6.35. The fraction of sp³-hybridized carbons (Fsp3) is 0.385. The quantitative estimate of drug-likeness (QED) is 0.679. The largest absolute Gasteiger partial charge is 0.320 e. The number of hydrogen-bond donors (Lipinski definition) is 1. The van der Waals surface area contributed by atoms with Gasteiger partial charge >= 0.3 is 0 Å². The Hall–Kier alpha value is 0.320. The van der Waals surface area contributed by atoms with Crippen molar-refractivity contribution in [2.24, 2.45) is 5.73 Å². The summed E-state index contributed by atoms with van der Waals surface area (Å²) in [7, 11) is 0. The van der Waals surface area contributed by atoms with Crippen LogP contribution in [0.3, 0.4) is 0 Å². The van der Waals surface area contributed by atoms with Crippen LogP contribution < -0.4 is 5.73 Å². The Bertz CT molecular complexity index is 552. The summed E-state index contributed by atoms with van der Waals surface area (Å²) in [6.45, 7) is 6.68. The molecule has 0 aromatic carbocycles. The van der Waals surface area contributed by atoms with E-state index in [4.69, 9.17) is 5.73 Å². The van der Waals surface area contributed by atoms with Crippen LogP contribution in [0.1, 0.15) is 42.1 Å². The van der Waals surface area contributed by atoms with Crippen LogP contribution in [-0.4, -0.2) is 0 Å². The minimum Gasteiger partial charge on any atom is -0.320 e. The zero-order chi connectivity index (χ0) is 13.5. The first-order chi connectivity index (χ1) is 8.29. The molecule has 1 nitrogen and oxygen atoms in total. The van der Waals surface area contributed by atoms with Crippen molar-refractivity contribution in [3.8, 4) is 0 Å². The van der Waals surface area contributed by atoms with Gasteiger partial charge in [0, 0.05) is 15.3 Å². The fourth-order valence-electron chi connectivity index (χ4n) is 1.64. The molecule has 2 rings (SSSR count). The predicted octanol–water partition coefficient (Wildman–Crippen LogP) is 5.68. The van der Waals surface area contributed by atoms with Crippen LogP contribution in [0.2, 0.25) is 0 Å². The number of nitrogens with two attached hydrogens (primary N) is 1. The second kappa shape index (κ2) is 5.37. The highest BCUT2D eigenvalue weighted by Gasteiger charge is 2.21. The van der Waals surface area contributed by atoms with Gasteiger partial charge in [-0.15, -0.1) is 22.7 Å². The lowest BCUT2D eigenvalue weighted by molar-refractivity contribution is 0.604. The SMILES string of the molecule is CC(C)(C)c1ccc(C(N)c2cc(Br)sc2Br)s1. The highest BCUT2D eigenvalue weighted by atomic mass is 79.9. The van der Waals surface area contributed by atoms with Crippen LogP contribution >= 0.6 is 54.5 Å². The summed E-state index contributed by atoms with van der Waals surface area (Å²) in [5, 5.41) is 0. The molecule has 2 aromatic rings. The van der Waals surface area contributed by atoms with Crippen LogP contribution in [0.15, 0.2) is 25.8 Å². The molecule has 0 fully saturated rings. The molecule has 0 saturated carbocycles. The second-order valence-electron chi connectivity index (χ2n) is 5.21. The van der Waals surface area contributed by atoms with Gasteiger partial charge in [-0.3, -0.25) is 0 Å². The van der Waals surface area contributed by atoms with Crippen molar-refractivity contribution in [3.05, 3.63) is 41.1 Å². The number of rotatable bonds is 2. The fourth-order valence-corrected chi connectivity index (χ4v) is 5.66. The van der Waals surface area contributed by atoms with Crippen molar-refractivity contribution in [1.29, 1.82) is 0 Å². The third-order valence-electron chi connectivity index (χ3n) is 2.69. The third kappa shape index (κ3) is 3.07. The number of halogens is 2. The Kier molecular flexibility index (Phi) is 4.39. The van der Waals surface area contributed by atoms with Gasteiger partial charge in [-0.25, -0.2) is 0 Å². The molecule has 0 aliphatic carbocycles. The van der Waals surface area contributed by atoms with E-state index in [0.29, 0.717) is 0 Å². The van der Waals surface area contributed by atoms with Crippen LogP contribution in [0, 0.1) is 0 Å². The summed E-state index contributed by atoms with van der Waals surface area (Å²) in [6, 6.07) is 6.38. The predicted molar refractivity (Wildman–Crippen MR) is 88.8 cm³/mol. The molecule has 2 N–H and O–H groups in total. The van der Waals surface area contributed by atoms with Crippen molar-refractivity contribution in [2.45, 2.75) is 32.2 Å². The lowest BCUT2D eigenvalue weighted by Crippen LogP contribution is -2.10. The number of thiophene rings is 2. The average molecular weight is 409 g/mol. The van der Waals surface area contributed by atoms with Gasteiger partial charge in [0.05, 0.1) is 13.6 Å². The summed E-state index contributed by atoms with van der Waals surface area (Å²) in [5.74, 6) is 0. The molecule has 1 atom stereocenters. The van der Waals surface area contributed by atoms with Gasteiger partial charge in [-0.2, -0.15) is 0 Å². The van der Waals surface area contributed by atoms with Gasteiger partial charge < -0.3 is 5.73 Å². The minimum absolute atomic E-state index is 0.0528. The standard InChI is InChI=1S/C13H15Br2NS2/c1-13(2,3)9-5-4-8(17-9)11(16)7-6-10(14)18-12(7)15/h4-6,11H,16H2,1-3H3. The Morgan fingerprint density at radius 3 is 2.28 bits per heavy atom. The Morgan fingerprint density at radius 2 is 1.83 bits per heavy atom. The first kappa shape index (κ1) is 14.7. The van der Waals surface area contributed by atoms with E-state index >= 15 is 0 Å². The van der Waals surface area contributed by atoms with Gasteiger partial charge in [-0.05, 0) is 55.5 Å². The molecule has 2 heterocycles. The van der Waals surface area contributed by atoms with Crippen LogP contribution in [0.25, 0.3) is 0 Å². The van der Waals surface area contributed by atoms with E-state index < -0.39 is 0 Å². The highest BCUT2D eigenvalue weighted by Crippen LogP contribution is 2.39. The molecule has 2 aromatic heterocycles. The summed E-state index contributed by atoms with van der Waals surface area (Å²) < 4.78 is 2.21. The Balaban J connectivity index is 2.32. The summed E-state index contributed by atoms with van der Waals surface area (Å²) >= 11 is 10.5. The van der Waals surface area contributed by atoms with Crippen molar-refractivity contribution in [2.75, 3.05) is 0 Å². The van der Waals surface area contributed by atoms with E-state index in [2.05, 4.69) is 70.8 Å². The molecule has 0 aliphatic rings. The first-order valence-electron chi connectivity index (χ1n) is 5.59. The molecular weight excluding hydrogens is 394 g/mol. The maximum Gasteiger partial charge on any atom is 0.0761 e. The smallest absolute Gasteiger partial charge is 0.0761 e. The van der Waals surface area contributed by atoms with Gasteiger partial charge in [-0.1, -0.05) is 20.8 Å². The molecule has 0 radical (unpaired) electrons. The average Bonchev–Trinajstić information content (AvgIpc) is 2.83. The molecule has 5 heteroatoms. The minimum atomic E-state index is -0.0528. The van der Waals surface area contributed by atoms with Crippen molar-refractivity contribution >= 4 is 54.5 Å². The van der Waals surface area contributed by atoms with E-state index in [1.165, 1.54) is 9.75 Å². The molecule has 0 aliphatic heterocycles. The van der Waals surface area contributed by atoms with Crippen LogP contribution in [-0.2, 0) is 5.41 Å². The van der Waals surface area contributed by atoms with Crippen LogP contribution in [0.5, 0.6) is 0 Å².